The smallest absolute Gasteiger partial charge is 0.293 e. The molecule has 0 saturated heterocycles. The third-order valence-corrected chi connectivity index (χ3v) is 3.54. The Labute approximate surface area is 124 Å². The maximum atomic E-state index is 12.5. The summed E-state index contributed by atoms with van der Waals surface area (Å²) in [4.78, 5) is 26.0. The highest BCUT2D eigenvalue weighted by Crippen LogP contribution is 2.27. The maximum Gasteiger partial charge on any atom is 0.293 e. The first-order valence-electron chi connectivity index (χ1n) is 6.88. The van der Waals surface area contributed by atoms with Crippen molar-refractivity contribution in [3.05, 3.63) is 35.6 Å². The van der Waals surface area contributed by atoms with Crippen LogP contribution >= 0.6 is 0 Å². The summed E-state index contributed by atoms with van der Waals surface area (Å²) >= 11 is 0. The van der Waals surface area contributed by atoms with Gasteiger partial charge in [-0.2, -0.15) is 0 Å². The highest BCUT2D eigenvalue weighted by Gasteiger charge is 2.31. The van der Waals surface area contributed by atoms with Crippen molar-refractivity contribution in [1.29, 1.82) is 0 Å². The quantitative estimate of drug-likeness (QED) is 0.834. The van der Waals surface area contributed by atoms with Crippen molar-refractivity contribution in [2.24, 2.45) is 0 Å². The molecule has 0 radical (unpaired) electrons. The summed E-state index contributed by atoms with van der Waals surface area (Å²) in [5.41, 5.74) is 1.26. The normalized spacial score (nSPS) is 15.2. The molecule has 0 aliphatic carbocycles. The van der Waals surface area contributed by atoms with Crippen molar-refractivity contribution in [2.45, 2.75) is 19.8 Å². The number of hydrogen-bond acceptors (Lipinski definition) is 4. The largest absolute Gasteiger partial charge is 0.497 e. The number of rotatable bonds is 5. The maximum absolute atomic E-state index is 12.5. The second-order valence-corrected chi connectivity index (χ2v) is 4.69. The molecular formula is C16H19NO4. The number of ketones is 1. The summed E-state index contributed by atoms with van der Waals surface area (Å²) in [7, 11) is 3.02. The number of carbonyl (C=O) groups is 2. The second kappa shape index (κ2) is 6.43. The average Bonchev–Trinajstić information content (AvgIpc) is 2.54. The Morgan fingerprint density at radius 1 is 1.19 bits per heavy atom. The number of hydrogen-bond donors (Lipinski definition) is 0. The van der Waals surface area contributed by atoms with E-state index >= 15 is 0 Å². The zero-order valence-electron chi connectivity index (χ0n) is 12.5. The van der Waals surface area contributed by atoms with Crippen molar-refractivity contribution in [2.75, 3.05) is 25.7 Å². The molecule has 0 unspecified atom stereocenters. The molecule has 1 aromatic carbocycles. The predicted molar refractivity (Wildman–Crippen MR) is 79.3 cm³/mol. The molecule has 1 aromatic rings. The van der Waals surface area contributed by atoms with Gasteiger partial charge in [0.05, 0.1) is 14.2 Å². The number of ether oxygens (including phenoxy) is 2. The summed E-state index contributed by atoms with van der Waals surface area (Å²) < 4.78 is 10.3. The first-order valence-corrected chi connectivity index (χ1v) is 6.88. The lowest BCUT2D eigenvalue weighted by Gasteiger charge is -2.29. The number of Topliss-reactive ketones (excluding diaryl/α,β-unsaturated/α-hetero) is 1. The molecule has 1 amide bonds. The summed E-state index contributed by atoms with van der Waals surface area (Å²) in [5.74, 6) is 0.580. The van der Waals surface area contributed by atoms with Gasteiger partial charge in [-0.15, -0.1) is 0 Å². The lowest BCUT2D eigenvalue weighted by molar-refractivity contribution is -0.121. The van der Waals surface area contributed by atoms with Crippen LogP contribution in [0.5, 0.6) is 5.75 Å². The lowest BCUT2D eigenvalue weighted by Crippen LogP contribution is -2.39. The van der Waals surface area contributed by atoms with E-state index in [1.807, 2.05) is 12.1 Å². The van der Waals surface area contributed by atoms with Gasteiger partial charge in [-0.1, -0.05) is 6.92 Å². The third-order valence-electron chi connectivity index (χ3n) is 3.54. The van der Waals surface area contributed by atoms with Gasteiger partial charge in [0.1, 0.15) is 5.75 Å². The van der Waals surface area contributed by atoms with E-state index < -0.39 is 0 Å². The minimum atomic E-state index is -0.272. The molecule has 2 rings (SSSR count). The Bertz CT molecular complexity index is 574. The van der Waals surface area contributed by atoms with Gasteiger partial charge in [-0.25, -0.2) is 0 Å². The van der Waals surface area contributed by atoms with Gasteiger partial charge in [0.25, 0.3) is 5.91 Å². The van der Waals surface area contributed by atoms with E-state index in [1.54, 1.807) is 31.1 Å². The zero-order chi connectivity index (χ0) is 15.4. The molecule has 0 bridgehead atoms. The number of carbonyl (C=O) groups excluding carboxylic acids is 2. The second-order valence-electron chi connectivity index (χ2n) is 4.69. The summed E-state index contributed by atoms with van der Waals surface area (Å²) in [6.07, 6.45) is 0.881. The molecule has 0 spiro atoms. The van der Waals surface area contributed by atoms with Gasteiger partial charge in [0, 0.05) is 24.2 Å². The Hall–Kier alpha value is -2.30. The Morgan fingerprint density at radius 3 is 2.38 bits per heavy atom. The van der Waals surface area contributed by atoms with Crippen molar-refractivity contribution < 1.29 is 19.1 Å². The van der Waals surface area contributed by atoms with E-state index in [0.717, 1.165) is 11.4 Å². The van der Waals surface area contributed by atoms with Crippen LogP contribution in [-0.2, 0) is 14.3 Å². The molecule has 0 aromatic heterocycles. The number of benzene rings is 1. The highest BCUT2D eigenvalue weighted by atomic mass is 16.5. The zero-order valence-corrected chi connectivity index (χ0v) is 12.5. The van der Waals surface area contributed by atoms with Crippen LogP contribution in [0, 0.1) is 0 Å². The number of methoxy groups -OCH3 is 2. The molecule has 5 heteroatoms. The predicted octanol–water partition coefficient (Wildman–Crippen LogP) is 2.31. The molecule has 1 aliphatic heterocycles. The van der Waals surface area contributed by atoms with Crippen LogP contribution in [0.25, 0.3) is 0 Å². The van der Waals surface area contributed by atoms with Gasteiger partial charge in [0.2, 0.25) is 0 Å². The molecule has 0 atom stereocenters. The van der Waals surface area contributed by atoms with Crippen LogP contribution in [0.4, 0.5) is 5.69 Å². The molecule has 21 heavy (non-hydrogen) atoms. The molecule has 1 heterocycles. The monoisotopic (exact) mass is 289 g/mol. The standard InChI is InChI=1S/C16H19NO4/c1-4-14(18)13-9-10-17(16(19)15(13)21-3)11-5-7-12(20-2)8-6-11/h5-8H,4,9-10H2,1-3H3. The molecule has 0 saturated carbocycles. The minimum absolute atomic E-state index is 0.0328. The first-order chi connectivity index (χ1) is 10.1. The van der Waals surface area contributed by atoms with Crippen molar-refractivity contribution in [3.8, 4) is 5.75 Å². The average molecular weight is 289 g/mol. The Kier molecular flexibility index (Phi) is 4.62. The summed E-state index contributed by atoms with van der Waals surface area (Å²) in [6, 6.07) is 7.23. The topological polar surface area (TPSA) is 55.8 Å². The number of amides is 1. The lowest BCUT2D eigenvalue weighted by atomic mass is 9.99. The SMILES string of the molecule is CCC(=O)C1=C(OC)C(=O)N(c2ccc(OC)cc2)CC1. The van der Waals surface area contributed by atoms with Gasteiger partial charge < -0.3 is 14.4 Å². The van der Waals surface area contributed by atoms with E-state index in [-0.39, 0.29) is 17.4 Å². The van der Waals surface area contributed by atoms with E-state index in [1.165, 1.54) is 7.11 Å². The van der Waals surface area contributed by atoms with Crippen molar-refractivity contribution in [3.63, 3.8) is 0 Å². The number of anilines is 1. The summed E-state index contributed by atoms with van der Waals surface area (Å²) in [6.45, 7) is 2.25. The van der Waals surface area contributed by atoms with Gasteiger partial charge in [-0.3, -0.25) is 9.59 Å². The van der Waals surface area contributed by atoms with Crippen molar-refractivity contribution >= 4 is 17.4 Å². The molecule has 112 valence electrons. The van der Waals surface area contributed by atoms with Crippen LogP contribution in [0.1, 0.15) is 19.8 Å². The van der Waals surface area contributed by atoms with E-state index in [9.17, 15) is 9.59 Å². The van der Waals surface area contributed by atoms with E-state index in [0.29, 0.717) is 25.0 Å². The van der Waals surface area contributed by atoms with E-state index in [2.05, 4.69) is 0 Å². The third kappa shape index (κ3) is 2.91. The molecule has 5 nitrogen and oxygen atoms in total. The van der Waals surface area contributed by atoms with Gasteiger partial charge >= 0.3 is 0 Å². The Morgan fingerprint density at radius 2 is 1.86 bits per heavy atom. The van der Waals surface area contributed by atoms with Gasteiger partial charge in [0.15, 0.2) is 11.5 Å². The molecule has 0 N–H and O–H groups in total. The molecule has 1 aliphatic rings. The van der Waals surface area contributed by atoms with Crippen LogP contribution in [-0.4, -0.2) is 32.5 Å². The summed E-state index contributed by atoms with van der Waals surface area (Å²) in [5, 5.41) is 0. The van der Waals surface area contributed by atoms with Gasteiger partial charge in [-0.05, 0) is 30.7 Å². The fraction of sp³-hybridized carbons (Fsp3) is 0.375. The molecular weight excluding hydrogens is 270 g/mol. The van der Waals surface area contributed by atoms with Crippen LogP contribution in [0.3, 0.4) is 0 Å². The Balaban J connectivity index is 2.31. The van der Waals surface area contributed by atoms with Crippen molar-refractivity contribution in [1.82, 2.24) is 0 Å². The van der Waals surface area contributed by atoms with E-state index in [4.69, 9.17) is 9.47 Å². The van der Waals surface area contributed by atoms with Crippen LogP contribution in [0.2, 0.25) is 0 Å². The fourth-order valence-electron chi connectivity index (χ4n) is 2.39. The van der Waals surface area contributed by atoms with Crippen LogP contribution < -0.4 is 9.64 Å². The molecule has 0 fully saturated rings. The highest BCUT2D eigenvalue weighted by molar-refractivity contribution is 6.11. The number of nitrogens with zero attached hydrogens (tertiary/aromatic N) is 1. The first kappa shape index (κ1) is 15.1. The fourth-order valence-corrected chi connectivity index (χ4v) is 2.39. The minimum Gasteiger partial charge on any atom is -0.497 e. The van der Waals surface area contributed by atoms with Crippen LogP contribution in [0.15, 0.2) is 35.6 Å².